The van der Waals surface area contributed by atoms with Gasteiger partial charge in [0, 0.05) is 19.3 Å². The zero-order valence-corrected chi connectivity index (χ0v) is 38.8. The first-order valence-corrected chi connectivity index (χ1v) is 25.4. The molecule has 0 aliphatic carbocycles. The van der Waals surface area contributed by atoms with Crippen molar-refractivity contribution in [2.75, 3.05) is 13.2 Å². The lowest BCUT2D eigenvalue weighted by molar-refractivity contribution is -0.167. The number of ether oxygens (including phenoxy) is 3. The maximum absolute atomic E-state index is 12.8. The van der Waals surface area contributed by atoms with Crippen molar-refractivity contribution in [2.45, 2.75) is 291 Å². The Labute approximate surface area is 355 Å². The van der Waals surface area contributed by atoms with Gasteiger partial charge in [0.2, 0.25) is 0 Å². The van der Waals surface area contributed by atoms with E-state index in [1.807, 2.05) is 0 Å². The Morgan fingerprint density at radius 2 is 0.614 bits per heavy atom. The highest BCUT2D eigenvalue weighted by molar-refractivity contribution is 5.71. The van der Waals surface area contributed by atoms with Gasteiger partial charge in [-0.3, -0.25) is 14.4 Å². The molecule has 0 saturated carbocycles. The number of rotatable bonds is 46. The predicted octanol–water partition coefficient (Wildman–Crippen LogP) is 16.3. The molecule has 6 nitrogen and oxygen atoms in total. The highest BCUT2D eigenvalue weighted by Crippen LogP contribution is 2.17. The van der Waals surface area contributed by atoms with Gasteiger partial charge < -0.3 is 14.2 Å². The fourth-order valence-electron chi connectivity index (χ4n) is 7.66. The molecule has 0 amide bonds. The highest BCUT2D eigenvalue weighted by atomic mass is 16.6. The molecule has 1 unspecified atom stereocenters. The Balaban J connectivity index is 4.32. The molecule has 57 heavy (non-hydrogen) atoms. The van der Waals surface area contributed by atoms with Gasteiger partial charge in [-0.25, -0.2) is 0 Å². The molecule has 338 valence electrons. The van der Waals surface area contributed by atoms with Crippen LogP contribution in [-0.4, -0.2) is 37.2 Å². The second kappa shape index (κ2) is 45.5. The molecule has 0 fully saturated rings. The first-order chi connectivity index (χ1) is 27.9. The molecular weight excluding hydrogens is 709 g/mol. The molecule has 0 radical (unpaired) electrons. The quantitative estimate of drug-likeness (QED) is 0.0346. The molecule has 0 spiro atoms. The van der Waals surface area contributed by atoms with E-state index in [9.17, 15) is 14.4 Å². The first-order valence-electron chi connectivity index (χ1n) is 25.4. The molecule has 0 aromatic rings. The Bertz CT molecular complexity index is 859. The molecule has 0 saturated heterocycles. The fourth-order valence-corrected chi connectivity index (χ4v) is 7.66. The van der Waals surface area contributed by atoms with Crippen LogP contribution in [0.4, 0.5) is 0 Å². The summed E-state index contributed by atoms with van der Waals surface area (Å²) in [6.07, 6.45) is 46.4. The average Bonchev–Trinajstić information content (AvgIpc) is 3.21. The van der Waals surface area contributed by atoms with Crippen LogP contribution in [0, 0.1) is 5.92 Å². The largest absolute Gasteiger partial charge is 0.462 e. The maximum Gasteiger partial charge on any atom is 0.306 e. The lowest BCUT2D eigenvalue weighted by Gasteiger charge is -2.18. The van der Waals surface area contributed by atoms with E-state index in [1.165, 1.54) is 180 Å². The smallest absolute Gasteiger partial charge is 0.306 e. The van der Waals surface area contributed by atoms with Crippen molar-refractivity contribution in [3.63, 3.8) is 0 Å². The van der Waals surface area contributed by atoms with Gasteiger partial charge in [0.05, 0.1) is 0 Å². The van der Waals surface area contributed by atoms with Gasteiger partial charge in [0.25, 0.3) is 0 Å². The molecule has 0 bridgehead atoms. The molecule has 0 aliphatic heterocycles. The zero-order valence-electron chi connectivity index (χ0n) is 38.8. The van der Waals surface area contributed by atoms with Crippen LogP contribution in [0.1, 0.15) is 285 Å². The number of hydrogen-bond acceptors (Lipinski definition) is 6. The number of esters is 3. The van der Waals surface area contributed by atoms with Crippen molar-refractivity contribution in [2.24, 2.45) is 5.92 Å². The topological polar surface area (TPSA) is 78.9 Å². The molecule has 6 heteroatoms. The summed E-state index contributed by atoms with van der Waals surface area (Å²) in [6.45, 7) is 9.04. The minimum absolute atomic E-state index is 0.0630. The molecule has 2 atom stereocenters. The standard InChI is InChI=1S/C51H98O6/c1-5-8-10-12-14-16-18-19-20-22-28-32-36-40-44-51(54)57-48(45-55-49(52)42-38-34-30-26-21-17-15-13-11-9-6-2)46-56-50(53)43-39-35-31-27-24-23-25-29-33-37-41-47(4)7-3/h47-48H,5-46H2,1-4H3/t47?,48-/m1/s1. The number of carbonyl (C=O) groups excluding carboxylic acids is 3. The van der Waals surface area contributed by atoms with E-state index in [0.717, 1.165) is 63.7 Å². The van der Waals surface area contributed by atoms with Gasteiger partial charge in [0.15, 0.2) is 6.10 Å². The minimum atomic E-state index is -0.760. The first kappa shape index (κ1) is 55.4. The number of unbranched alkanes of at least 4 members (excludes halogenated alkanes) is 32. The van der Waals surface area contributed by atoms with Crippen LogP contribution >= 0.6 is 0 Å². The molecule has 0 aromatic carbocycles. The van der Waals surface area contributed by atoms with Crippen LogP contribution in [0.15, 0.2) is 0 Å². The summed E-state index contributed by atoms with van der Waals surface area (Å²) < 4.78 is 16.8. The van der Waals surface area contributed by atoms with E-state index in [-0.39, 0.29) is 31.1 Å². The second-order valence-corrected chi connectivity index (χ2v) is 17.7. The van der Waals surface area contributed by atoms with Crippen LogP contribution in [0.25, 0.3) is 0 Å². The van der Waals surface area contributed by atoms with Gasteiger partial charge in [-0.15, -0.1) is 0 Å². The van der Waals surface area contributed by atoms with Crippen LogP contribution in [0.5, 0.6) is 0 Å². The van der Waals surface area contributed by atoms with Gasteiger partial charge in [0.1, 0.15) is 13.2 Å². The van der Waals surface area contributed by atoms with Crippen LogP contribution < -0.4 is 0 Å². The summed E-state index contributed by atoms with van der Waals surface area (Å²) in [6, 6.07) is 0. The molecule has 0 rings (SSSR count). The Hall–Kier alpha value is -1.59. The summed E-state index contributed by atoms with van der Waals surface area (Å²) in [7, 11) is 0. The zero-order chi connectivity index (χ0) is 41.7. The lowest BCUT2D eigenvalue weighted by Crippen LogP contribution is -2.30. The fraction of sp³-hybridized carbons (Fsp3) is 0.941. The van der Waals surface area contributed by atoms with Gasteiger partial charge >= 0.3 is 17.9 Å². The Morgan fingerprint density at radius 1 is 0.351 bits per heavy atom. The summed E-state index contributed by atoms with van der Waals surface area (Å²) in [4.78, 5) is 37.9. The Kier molecular flexibility index (Phi) is 44.2. The average molecular weight is 807 g/mol. The monoisotopic (exact) mass is 807 g/mol. The SMILES string of the molecule is CCCCCCCCCCCCCCCCC(=O)O[C@H](COC(=O)CCCCCCCCCCCCC)COC(=O)CCCCCCCCCCCCC(C)CC. The van der Waals surface area contributed by atoms with E-state index >= 15 is 0 Å². The van der Waals surface area contributed by atoms with Crippen LogP contribution in [-0.2, 0) is 28.6 Å². The molecule has 0 aliphatic rings. The molecule has 0 heterocycles. The summed E-state index contributed by atoms with van der Waals surface area (Å²) in [5.74, 6) is 0.0235. The van der Waals surface area contributed by atoms with Crippen molar-refractivity contribution >= 4 is 17.9 Å². The second-order valence-electron chi connectivity index (χ2n) is 17.7. The third kappa shape index (κ3) is 43.8. The number of hydrogen-bond donors (Lipinski definition) is 0. The number of carbonyl (C=O) groups is 3. The van der Waals surface area contributed by atoms with Crippen molar-refractivity contribution in [1.29, 1.82) is 0 Å². The van der Waals surface area contributed by atoms with Crippen molar-refractivity contribution in [3.8, 4) is 0 Å². The van der Waals surface area contributed by atoms with Crippen molar-refractivity contribution < 1.29 is 28.6 Å². The van der Waals surface area contributed by atoms with Crippen LogP contribution in [0.3, 0.4) is 0 Å². The van der Waals surface area contributed by atoms with Crippen molar-refractivity contribution in [3.05, 3.63) is 0 Å². The molecular formula is C51H98O6. The highest BCUT2D eigenvalue weighted by Gasteiger charge is 2.19. The summed E-state index contributed by atoms with van der Waals surface area (Å²) >= 11 is 0. The third-order valence-electron chi connectivity index (χ3n) is 11.9. The summed E-state index contributed by atoms with van der Waals surface area (Å²) in [5.41, 5.74) is 0. The van der Waals surface area contributed by atoms with Gasteiger partial charge in [-0.05, 0) is 25.2 Å². The molecule has 0 aromatic heterocycles. The predicted molar refractivity (Wildman–Crippen MR) is 243 cm³/mol. The van der Waals surface area contributed by atoms with E-state index in [4.69, 9.17) is 14.2 Å². The van der Waals surface area contributed by atoms with E-state index in [1.54, 1.807) is 0 Å². The normalized spacial score (nSPS) is 12.4. The maximum atomic E-state index is 12.8. The van der Waals surface area contributed by atoms with Gasteiger partial charge in [-0.1, -0.05) is 246 Å². The Morgan fingerprint density at radius 3 is 0.912 bits per heavy atom. The van der Waals surface area contributed by atoms with Crippen LogP contribution in [0.2, 0.25) is 0 Å². The van der Waals surface area contributed by atoms with E-state index < -0.39 is 6.10 Å². The van der Waals surface area contributed by atoms with Gasteiger partial charge in [-0.2, -0.15) is 0 Å². The van der Waals surface area contributed by atoms with Crippen molar-refractivity contribution in [1.82, 2.24) is 0 Å². The summed E-state index contributed by atoms with van der Waals surface area (Å²) in [5, 5.41) is 0. The lowest BCUT2D eigenvalue weighted by atomic mass is 9.99. The van der Waals surface area contributed by atoms with E-state index in [2.05, 4.69) is 27.7 Å². The van der Waals surface area contributed by atoms with E-state index in [0.29, 0.717) is 19.3 Å². The minimum Gasteiger partial charge on any atom is -0.462 e. The molecule has 0 N–H and O–H groups in total. The third-order valence-corrected chi connectivity index (χ3v) is 11.9.